The standard InChI is InChI=1S/C22H22N4O/c27-22(24-18-7-3-1-4-8-18)21-16-23-15-20(25-21)17-9-11-19(12-10-17)26-13-5-2-6-14-26/h1,3-4,7-12,15-16H,2,5-6,13-14H2,(H,24,27). The molecule has 1 fully saturated rings. The molecule has 1 amide bonds. The van der Waals surface area contributed by atoms with Crippen molar-refractivity contribution in [1.82, 2.24) is 9.97 Å². The molecule has 1 saturated heterocycles. The van der Waals surface area contributed by atoms with Crippen molar-refractivity contribution in [2.24, 2.45) is 0 Å². The summed E-state index contributed by atoms with van der Waals surface area (Å²) in [5.41, 5.74) is 3.93. The van der Waals surface area contributed by atoms with Crippen LogP contribution in [0.3, 0.4) is 0 Å². The van der Waals surface area contributed by atoms with Crippen molar-refractivity contribution in [3.05, 3.63) is 72.7 Å². The molecule has 3 aromatic rings. The van der Waals surface area contributed by atoms with E-state index in [-0.39, 0.29) is 5.91 Å². The van der Waals surface area contributed by atoms with Gasteiger partial charge in [-0.05, 0) is 43.5 Å². The number of hydrogen-bond donors (Lipinski definition) is 1. The van der Waals surface area contributed by atoms with E-state index in [1.807, 2.05) is 42.5 Å². The average Bonchev–Trinajstić information content (AvgIpc) is 2.75. The van der Waals surface area contributed by atoms with Crippen molar-refractivity contribution in [2.45, 2.75) is 19.3 Å². The summed E-state index contributed by atoms with van der Waals surface area (Å²) in [7, 11) is 0. The van der Waals surface area contributed by atoms with Gasteiger partial charge in [-0.3, -0.25) is 9.78 Å². The summed E-state index contributed by atoms with van der Waals surface area (Å²) in [5.74, 6) is -0.263. The van der Waals surface area contributed by atoms with E-state index in [0.29, 0.717) is 11.4 Å². The van der Waals surface area contributed by atoms with Gasteiger partial charge in [0.05, 0.1) is 18.1 Å². The van der Waals surface area contributed by atoms with E-state index >= 15 is 0 Å². The fourth-order valence-corrected chi connectivity index (χ4v) is 3.33. The molecule has 1 aliphatic rings. The third-order valence-corrected chi connectivity index (χ3v) is 4.78. The minimum Gasteiger partial charge on any atom is -0.372 e. The van der Waals surface area contributed by atoms with E-state index in [1.54, 1.807) is 6.20 Å². The first kappa shape index (κ1) is 17.2. The maximum atomic E-state index is 12.4. The Labute approximate surface area is 159 Å². The van der Waals surface area contributed by atoms with Crippen LogP contribution in [0.5, 0.6) is 0 Å². The van der Waals surface area contributed by atoms with Gasteiger partial charge in [0, 0.05) is 30.0 Å². The SMILES string of the molecule is O=C(Nc1ccccc1)c1cncc(-c2ccc(N3CCCCC3)cc2)n1. The van der Waals surface area contributed by atoms with Gasteiger partial charge in [0.2, 0.25) is 0 Å². The molecule has 5 nitrogen and oxygen atoms in total. The Morgan fingerprint density at radius 2 is 1.63 bits per heavy atom. The Bertz CT molecular complexity index is 903. The average molecular weight is 358 g/mol. The van der Waals surface area contributed by atoms with Gasteiger partial charge in [-0.1, -0.05) is 30.3 Å². The third kappa shape index (κ3) is 4.14. The van der Waals surface area contributed by atoms with Crippen LogP contribution < -0.4 is 10.2 Å². The van der Waals surface area contributed by atoms with Crippen molar-refractivity contribution < 1.29 is 4.79 Å². The molecule has 4 rings (SSSR count). The Hall–Kier alpha value is -3.21. The van der Waals surface area contributed by atoms with Crippen LogP contribution >= 0.6 is 0 Å². The second kappa shape index (κ2) is 7.99. The van der Waals surface area contributed by atoms with E-state index in [1.165, 1.54) is 31.1 Å². The van der Waals surface area contributed by atoms with Crippen LogP contribution in [-0.4, -0.2) is 29.0 Å². The van der Waals surface area contributed by atoms with Crippen molar-refractivity contribution >= 4 is 17.3 Å². The largest absolute Gasteiger partial charge is 0.372 e. The van der Waals surface area contributed by atoms with Crippen LogP contribution in [0.2, 0.25) is 0 Å². The molecule has 1 aromatic heterocycles. The normalized spacial score (nSPS) is 14.0. The van der Waals surface area contributed by atoms with Crippen molar-refractivity contribution in [3.63, 3.8) is 0 Å². The van der Waals surface area contributed by atoms with Gasteiger partial charge in [-0.2, -0.15) is 0 Å². The first-order valence-corrected chi connectivity index (χ1v) is 9.33. The van der Waals surface area contributed by atoms with Crippen LogP contribution in [-0.2, 0) is 0 Å². The molecular weight excluding hydrogens is 336 g/mol. The summed E-state index contributed by atoms with van der Waals surface area (Å²) in [4.78, 5) is 23.6. The van der Waals surface area contributed by atoms with Crippen LogP contribution in [0.25, 0.3) is 11.3 Å². The molecule has 2 aromatic carbocycles. The highest BCUT2D eigenvalue weighted by Gasteiger charge is 2.13. The number of nitrogens with zero attached hydrogens (tertiary/aromatic N) is 3. The molecule has 0 atom stereocenters. The number of nitrogens with one attached hydrogen (secondary N) is 1. The lowest BCUT2D eigenvalue weighted by Gasteiger charge is -2.28. The van der Waals surface area contributed by atoms with E-state index in [0.717, 1.165) is 24.3 Å². The highest BCUT2D eigenvalue weighted by atomic mass is 16.1. The Morgan fingerprint density at radius 3 is 2.37 bits per heavy atom. The summed E-state index contributed by atoms with van der Waals surface area (Å²) >= 11 is 0. The molecule has 136 valence electrons. The molecule has 5 heteroatoms. The van der Waals surface area contributed by atoms with Crippen LogP contribution in [0.1, 0.15) is 29.8 Å². The Balaban J connectivity index is 1.51. The van der Waals surface area contributed by atoms with E-state index in [2.05, 4.69) is 32.3 Å². The van der Waals surface area contributed by atoms with Crippen LogP contribution in [0.4, 0.5) is 11.4 Å². The minimum absolute atomic E-state index is 0.263. The number of amides is 1. The van der Waals surface area contributed by atoms with Gasteiger partial charge in [0.1, 0.15) is 5.69 Å². The van der Waals surface area contributed by atoms with E-state index in [9.17, 15) is 4.79 Å². The molecular formula is C22H22N4O. The molecule has 0 aliphatic carbocycles. The second-order valence-corrected chi connectivity index (χ2v) is 6.70. The summed E-state index contributed by atoms with van der Waals surface area (Å²) in [6, 6.07) is 17.7. The van der Waals surface area contributed by atoms with E-state index in [4.69, 9.17) is 0 Å². The lowest BCUT2D eigenvalue weighted by molar-refractivity contribution is 0.102. The zero-order valence-corrected chi connectivity index (χ0v) is 15.1. The number of piperidine rings is 1. The number of aromatic nitrogens is 2. The zero-order valence-electron chi connectivity index (χ0n) is 15.1. The maximum Gasteiger partial charge on any atom is 0.275 e. The molecule has 27 heavy (non-hydrogen) atoms. The molecule has 2 heterocycles. The predicted octanol–water partition coefficient (Wildman–Crippen LogP) is 4.39. The number of hydrogen-bond acceptors (Lipinski definition) is 4. The number of rotatable bonds is 4. The first-order valence-electron chi connectivity index (χ1n) is 9.33. The molecule has 0 spiro atoms. The Morgan fingerprint density at radius 1 is 0.889 bits per heavy atom. The van der Waals surface area contributed by atoms with Gasteiger partial charge in [0.15, 0.2) is 0 Å². The summed E-state index contributed by atoms with van der Waals surface area (Å²) < 4.78 is 0. The fourth-order valence-electron chi connectivity index (χ4n) is 3.33. The lowest BCUT2D eigenvalue weighted by atomic mass is 10.1. The number of carbonyl (C=O) groups is 1. The highest BCUT2D eigenvalue weighted by molar-refractivity contribution is 6.02. The molecule has 0 saturated carbocycles. The van der Waals surface area contributed by atoms with Gasteiger partial charge in [0.25, 0.3) is 5.91 Å². The minimum atomic E-state index is -0.263. The molecule has 1 N–H and O–H groups in total. The zero-order chi connectivity index (χ0) is 18.5. The lowest BCUT2D eigenvalue weighted by Crippen LogP contribution is -2.29. The highest BCUT2D eigenvalue weighted by Crippen LogP contribution is 2.24. The second-order valence-electron chi connectivity index (χ2n) is 6.70. The number of para-hydroxylation sites is 1. The van der Waals surface area contributed by atoms with Gasteiger partial charge in [-0.15, -0.1) is 0 Å². The van der Waals surface area contributed by atoms with E-state index < -0.39 is 0 Å². The number of benzene rings is 2. The fraction of sp³-hybridized carbons (Fsp3) is 0.227. The van der Waals surface area contributed by atoms with Crippen LogP contribution in [0, 0.1) is 0 Å². The van der Waals surface area contributed by atoms with Crippen molar-refractivity contribution in [3.8, 4) is 11.3 Å². The van der Waals surface area contributed by atoms with Crippen molar-refractivity contribution in [2.75, 3.05) is 23.3 Å². The Kier molecular flexibility index (Phi) is 5.10. The maximum absolute atomic E-state index is 12.4. The third-order valence-electron chi connectivity index (χ3n) is 4.78. The monoisotopic (exact) mass is 358 g/mol. The quantitative estimate of drug-likeness (QED) is 0.752. The summed E-state index contributed by atoms with van der Waals surface area (Å²) in [6.45, 7) is 2.24. The van der Waals surface area contributed by atoms with Gasteiger partial charge in [-0.25, -0.2) is 4.98 Å². The smallest absolute Gasteiger partial charge is 0.275 e. The number of carbonyl (C=O) groups excluding carboxylic acids is 1. The first-order chi connectivity index (χ1) is 13.3. The molecule has 0 bridgehead atoms. The molecule has 1 aliphatic heterocycles. The topological polar surface area (TPSA) is 58.1 Å². The van der Waals surface area contributed by atoms with Gasteiger partial charge >= 0.3 is 0 Å². The summed E-state index contributed by atoms with van der Waals surface area (Å²) in [5, 5.41) is 2.84. The number of anilines is 2. The van der Waals surface area contributed by atoms with Gasteiger partial charge < -0.3 is 10.2 Å². The predicted molar refractivity (Wildman–Crippen MR) is 108 cm³/mol. The van der Waals surface area contributed by atoms with Crippen LogP contribution in [0.15, 0.2) is 67.0 Å². The molecule has 0 unspecified atom stereocenters. The summed E-state index contributed by atoms with van der Waals surface area (Å²) in [6.07, 6.45) is 7.01. The molecule has 0 radical (unpaired) electrons. The van der Waals surface area contributed by atoms with Crippen molar-refractivity contribution in [1.29, 1.82) is 0 Å².